The van der Waals surface area contributed by atoms with E-state index in [0.717, 1.165) is 29.5 Å². The lowest BCUT2D eigenvalue weighted by Gasteiger charge is -2.33. The maximum absolute atomic E-state index is 13.8. The molecule has 0 unspecified atom stereocenters. The lowest BCUT2D eigenvalue weighted by atomic mass is 10.0. The van der Waals surface area contributed by atoms with Crippen LogP contribution in [-0.4, -0.2) is 52.2 Å². The number of halogens is 4. The fraction of sp³-hybridized carbons (Fsp3) is 0.320. The molecule has 1 aromatic heterocycles. The highest BCUT2D eigenvalue weighted by Crippen LogP contribution is 2.28. The van der Waals surface area contributed by atoms with Gasteiger partial charge in [-0.15, -0.1) is 0 Å². The van der Waals surface area contributed by atoms with Crippen molar-refractivity contribution < 1.29 is 32.3 Å². The average Bonchev–Trinajstić information content (AvgIpc) is 2.81. The van der Waals surface area contributed by atoms with Gasteiger partial charge in [0.1, 0.15) is 5.82 Å². The molecule has 0 saturated carbocycles. The number of carbonyl (C=O) groups excluding carboxylic acids is 1. The number of carboxylic acids is 1. The number of hydrogen-bond donors (Lipinski definition) is 2. The molecule has 0 bridgehead atoms. The van der Waals surface area contributed by atoms with Gasteiger partial charge in [0.2, 0.25) is 0 Å². The van der Waals surface area contributed by atoms with E-state index in [1.54, 1.807) is 19.1 Å². The second kappa shape index (κ2) is 10.7. The predicted octanol–water partition coefficient (Wildman–Crippen LogP) is 5.34. The molecule has 2 heterocycles. The number of carboxylic acid groups (broad SMARTS) is 1. The van der Waals surface area contributed by atoms with E-state index < -0.39 is 12.1 Å². The lowest BCUT2D eigenvalue weighted by Crippen LogP contribution is -2.42. The van der Waals surface area contributed by atoms with Gasteiger partial charge in [-0.3, -0.25) is 9.78 Å². The number of fused-ring (bicyclic) bond motifs is 1. The van der Waals surface area contributed by atoms with E-state index in [4.69, 9.17) is 9.90 Å². The summed E-state index contributed by atoms with van der Waals surface area (Å²) in [7, 11) is 0. The molecule has 1 aliphatic heterocycles. The van der Waals surface area contributed by atoms with Crippen molar-refractivity contribution in [3.05, 3.63) is 71.3 Å². The molecule has 1 amide bonds. The van der Waals surface area contributed by atoms with E-state index in [-0.39, 0.29) is 11.7 Å². The molecule has 3 aromatic rings. The van der Waals surface area contributed by atoms with Gasteiger partial charge in [0.25, 0.3) is 5.91 Å². The first-order valence-electron chi connectivity index (χ1n) is 10.9. The number of nitrogens with one attached hydrogen (secondary N) is 1. The summed E-state index contributed by atoms with van der Waals surface area (Å²) in [5.74, 6) is -3.18. The number of piperidine rings is 1. The number of aliphatic carboxylic acids is 1. The highest BCUT2D eigenvalue weighted by molar-refractivity contribution is 5.96. The molecule has 1 fully saturated rings. The Morgan fingerprint density at radius 3 is 2.31 bits per heavy atom. The number of carbonyl (C=O) groups is 2. The molecule has 10 heteroatoms. The second-order valence-electron chi connectivity index (χ2n) is 8.34. The fourth-order valence-electron chi connectivity index (χ4n) is 3.89. The Morgan fingerprint density at radius 2 is 1.71 bits per heavy atom. The molecular formula is C25H25F4N3O3. The highest BCUT2D eigenvalue weighted by atomic mass is 19.4. The number of likely N-dealkylation sites (tertiary alicyclic amines) is 1. The summed E-state index contributed by atoms with van der Waals surface area (Å²) >= 11 is 0. The number of anilines is 1. The molecule has 0 spiro atoms. The third-order valence-corrected chi connectivity index (χ3v) is 5.78. The molecule has 186 valence electrons. The molecule has 4 rings (SSSR count). The number of aromatic nitrogens is 1. The Bertz CT molecular complexity index is 1220. The van der Waals surface area contributed by atoms with Crippen LogP contribution in [0.5, 0.6) is 0 Å². The van der Waals surface area contributed by atoms with Gasteiger partial charge in [-0.1, -0.05) is 18.2 Å². The largest absolute Gasteiger partial charge is 0.490 e. The van der Waals surface area contributed by atoms with E-state index in [9.17, 15) is 22.4 Å². The lowest BCUT2D eigenvalue weighted by molar-refractivity contribution is -0.192. The molecule has 0 atom stereocenters. The van der Waals surface area contributed by atoms with Gasteiger partial charge in [-0.25, -0.2) is 9.18 Å². The maximum atomic E-state index is 13.8. The molecule has 0 aliphatic carbocycles. The number of amides is 1. The summed E-state index contributed by atoms with van der Waals surface area (Å²) in [6.45, 7) is 5.10. The standard InChI is InChI=1S/C23H24FN3O.C2HF3O2/c1-15-6-7-17(12-20(15)24)23(28)27-10-8-19(9-11-27)26-21-5-3-4-18-14-25-13-16(2)22(18)21;3-2(4,5)1(6)7/h3-7,12-14,19,26H,8-11H2,1-2H3;(H,6,7). The van der Waals surface area contributed by atoms with Crippen molar-refractivity contribution in [3.63, 3.8) is 0 Å². The molecule has 0 radical (unpaired) electrons. The molecule has 1 aliphatic rings. The summed E-state index contributed by atoms with van der Waals surface area (Å²) in [4.78, 5) is 27.7. The number of hydrogen-bond acceptors (Lipinski definition) is 4. The predicted molar refractivity (Wildman–Crippen MR) is 124 cm³/mol. The zero-order chi connectivity index (χ0) is 25.8. The summed E-state index contributed by atoms with van der Waals surface area (Å²) in [6.07, 6.45) is 0.409. The van der Waals surface area contributed by atoms with Crippen molar-refractivity contribution in [2.75, 3.05) is 18.4 Å². The summed E-state index contributed by atoms with van der Waals surface area (Å²) in [5, 5.41) is 13.1. The van der Waals surface area contributed by atoms with Gasteiger partial charge < -0.3 is 15.3 Å². The van der Waals surface area contributed by atoms with Gasteiger partial charge in [0.05, 0.1) is 0 Å². The minimum absolute atomic E-state index is 0.0931. The topological polar surface area (TPSA) is 82.5 Å². The summed E-state index contributed by atoms with van der Waals surface area (Å²) in [5.41, 5.74) is 3.24. The van der Waals surface area contributed by atoms with Crippen molar-refractivity contribution in [2.24, 2.45) is 0 Å². The molecule has 2 N–H and O–H groups in total. The molecule has 6 nitrogen and oxygen atoms in total. The van der Waals surface area contributed by atoms with Crippen LogP contribution in [0.15, 0.2) is 48.8 Å². The fourth-order valence-corrected chi connectivity index (χ4v) is 3.89. The van der Waals surface area contributed by atoms with E-state index in [2.05, 4.69) is 29.4 Å². The van der Waals surface area contributed by atoms with Gasteiger partial charge in [0.15, 0.2) is 0 Å². The van der Waals surface area contributed by atoms with Crippen LogP contribution in [0, 0.1) is 19.7 Å². The van der Waals surface area contributed by atoms with Crippen LogP contribution in [0.4, 0.5) is 23.2 Å². The van der Waals surface area contributed by atoms with E-state index in [0.29, 0.717) is 30.3 Å². The van der Waals surface area contributed by atoms with Crippen molar-refractivity contribution in [1.29, 1.82) is 0 Å². The quantitative estimate of drug-likeness (QED) is 0.484. The average molecular weight is 491 g/mol. The zero-order valence-electron chi connectivity index (χ0n) is 19.2. The van der Waals surface area contributed by atoms with Crippen LogP contribution in [0.2, 0.25) is 0 Å². The van der Waals surface area contributed by atoms with Crippen molar-refractivity contribution in [2.45, 2.75) is 38.9 Å². The first-order chi connectivity index (χ1) is 16.5. The van der Waals surface area contributed by atoms with Gasteiger partial charge in [-0.2, -0.15) is 13.2 Å². The third-order valence-electron chi connectivity index (χ3n) is 5.78. The first-order valence-corrected chi connectivity index (χ1v) is 10.9. The first kappa shape index (κ1) is 25.9. The number of alkyl halides is 3. The van der Waals surface area contributed by atoms with Gasteiger partial charge >= 0.3 is 12.1 Å². The number of rotatable bonds is 3. The van der Waals surface area contributed by atoms with E-state index >= 15 is 0 Å². The van der Waals surface area contributed by atoms with E-state index in [1.807, 2.05) is 23.4 Å². The number of benzene rings is 2. The van der Waals surface area contributed by atoms with Crippen molar-refractivity contribution in [3.8, 4) is 0 Å². The maximum Gasteiger partial charge on any atom is 0.490 e. The molecule has 2 aromatic carbocycles. The zero-order valence-corrected chi connectivity index (χ0v) is 19.2. The smallest absolute Gasteiger partial charge is 0.475 e. The second-order valence-corrected chi connectivity index (χ2v) is 8.34. The molecular weight excluding hydrogens is 466 g/mol. The Labute approximate surface area is 199 Å². The SMILES string of the molecule is Cc1ccc(C(=O)N2CCC(Nc3cccc4cncc(C)c34)CC2)cc1F.O=C(O)C(F)(F)F. The van der Waals surface area contributed by atoms with Gasteiger partial charge in [-0.05, 0) is 56.0 Å². The van der Waals surface area contributed by atoms with Crippen LogP contribution >= 0.6 is 0 Å². The Morgan fingerprint density at radius 1 is 1.06 bits per heavy atom. The highest BCUT2D eigenvalue weighted by Gasteiger charge is 2.38. The monoisotopic (exact) mass is 491 g/mol. The summed E-state index contributed by atoms with van der Waals surface area (Å²) in [6, 6.07) is 11.2. The third kappa shape index (κ3) is 6.46. The molecule has 35 heavy (non-hydrogen) atoms. The van der Waals surface area contributed by atoms with Crippen LogP contribution in [0.3, 0.4) is 0 Å². The number of nitrogens with zero attached hydrogens (tertiary/aromatic N) is 2. The van der Waals surface area contributed by atoms with Crippen LogP contribution < -0.4 is 5.32 Å². The minimum Gasteiger partial charge on any atom is -0.475 e. The van der Waals surface area contributed by atoms with Crippen LogP contribution in [0.1, 0.15) is 34.3 Å². The Kier molecular flexibility index (Phi) is 7.93. The number of pyridine rings is 1. The van der Waals surface area contributed by atoms with Crippen molar-refractivity contribution in [1.82, 2.24) is 9.88 Å². The van der Waals surface area contributed by atoms with Crippen molar-refractivity contribution >= 4 is 28.3 Å². The Hall–Kier alpha value is -3.69. The van der Waals surface area contributed by atoms with E-state index in [1.165, 1.54) is 11.5 Å². The number of aryl methyl sites for hydroxylation is 2. The minimum atomic E-state index is -5.08. The van der Waals surface area contributed by atoms with Crippen LogP contribution in [0.25, 0.3) is 10.8 Å². The van der Waals surface area contributed by atoms with Gasteiger partial charge in [0, 0.05) is 53.5 Å². The summed E-state index contributed by atoms with van der Waals surface area (Å²) < 4.78 is 45.5. The van der Waals surface area contributed by atoms with Crippen LogP contribution in [-0.2, 0) is 4.79 Å². The normalized spacial score (nSPS) is 14.3. The Balaban J connectivity index is 0.000000429. The molecule has 1 saturated heterocycles.